The van der Waals surface area contributed by atoms with Crippen LogP contribution in [0.2, 0.25) is 0 Å². The van der Waals surface area contributed by atoms with Crippen LogP contribution in [-0.2, 0) is 16.6 Å². The normalized spacial score (nSPS) is 12.0. The molecule has 0 aliphatic heterocycles. The maximum absolute atomic E-state index is 12.5. The van der Waals surface area contributed by atoms with Gasteiger partial charge in [0.2, 0.25) is 10.0 Å². The molecule has 0 saturated carbocycles. The molecule has 0 aliphatic rings. The number of nitrogens with zero attached hydrogens (tertiary/aromatic N) is 1. The summed E-state index contributed by atoms with van der Waals surface area (Å²) >= 11 is 0. The highest BCUT2D eigenvalue weighted by Crippen LogP contribution is 2.19. The SMILES string of the molecule is CCCNCc1ccccc1S(=O)(=O)N(C)CCC. The molecule has 4 nitrogen and oxygen atoms in total. The summed E-state index contributed by atoms with van der Waals surface area (Å²) < 4.78 is 26.4. The molecule has 19 heavy (non-hydrogen) atoms. The highest BCUT2D eigenvalue weighted by Gasteiger charge is 2.22. The molecule has 0 atom stereocenters. The first-order valence-electron chi connectivity index (χ1n) is 6.79. The summed E-state index contributed by atoms with van der Waals surface area (Å²) in [5.41, 5.74) is 0.832. The van der Waals surface area contributed by atoms with Crippen molar-refractivity contribution in [3.8, 4) is 0 Å². The van der Waals surface area contributed by atoms with Crippen LogP contribution in [0.15, 0.2) is 29.2 Å². The molecular formula is C14H24N2O2S. The zero-order chi connectivity index (χ0) is 14.3. The van der Waals surface area contributed by atoms with E-state index in [0.717, 1.165) is 24.9 Å². The predicted molar refractivity (Wildman–Crippen MR) is 78.5 cm³/mol. The third kappa shape index (κ3) is 4.30. The minimum absolute atomic E-state index is 0.412. The van der Waals surface area contributed by atoms with Crippen molar-refractivity contribution >= 4 is 10.0 Å². The number of benzene rings is 1. The van der Waals surface area contributed by atoms with Gasteiger partial charge in [0.25, 0.3) is 0 Å². The third-order valence-electron chi connectivity index (χ3n) is 2.94. The van der Waals surface area contributed by atoms with Gasteiger partial charge in [-0.1, -0.05) is 32.0 Å². The Balaban J connectivity index is 2.99. The fourth-order valence-electron chi connectivity index (χ4n) is 1.90. The molecule has 0 aromatic heterocycles. The van der Waals surface area contributed by atoms with Crippen molar-refractivity contribution in [1.82, 2.24) is 9.62 Å². The molecule has 0 aliphatic carbocycles. The molecule has 108 valence electrons. The Labute approximate surface area is 116 Å². The van der Waals surface area contributed by atoms with E-state index < -0.39 is 10.0 Å². The first kappa shape index (κ1) is 16.1. The number of nitrogens with one attached hydrogen (secondary N) is 1. The maximum Gasteiger partial charge on any atom is 0.243 e. The predicted octanol–water partition coefficient (Wildman–Crippen LogP) is 2.22. The molecule has 1 N–H and O–H groups in total. The van der Waals surface area contributed by atoms with Crippen molar-refractivity contribution in [1.29, 1.82) is 0 Å². The Morgan fingerprint density at radius 1 is 1.16 bits per heavy atom. The van der Waals surface area contributed by atoms with Gasteiger partial charge in [-0.25, -0.2) is 12.7 Å². The van der Waals surface area contributed by atoms with Crippen molar-refractivity contribution in [2.24, 2.45) is 0 Å². The van der Waals surface area contributed by atoms with Crippen LogP contribution in [0.3, 0.4) is 0 Å². The van der Waals surface area contributed by atoms with Crippen molar-refractivity contribution in [2.45, 2.75) is 38.1 Å². The van der Waals surface area contributed by atoms with Gasteiger partial charge in [0.15, 0.2) is 0 Å². The fourth-order valence-corrected chi connectivity index (χ4v) is 3.39. The van der Waals surface area contributed by atoms with Crippen LogP contribution in [0.1, 0.15) is 32.3 Å². The number of rotatable bonds is 8. The third-order valence-corrected chi connectivity index (χ3v) is 4.90. The van der Waals surface area contributed by atoms with E-state index in [9.17, 15) is 8.42 Å². The smallest absolute Gasteiger partial charge is 0.243 e. The largest absolute Gasteiger partial charge is 0.313 e. The quantitative estimate of drug-likeness (QED) is 0.745. The second kappa shape index (κ2) is 7.62. The molecule has 5 heteroatoms. The molecule has 1 rings (SSSR count). The van der Waals surface area contributed by atoms with E-state index >= 15 is 0 Å². The highest BCUT2D eigenvalue weighted by atomic mass is 32.2. The molecule has 1 aromatic rings. The van der Waals surface area contributed by atoms with Crippen molar-refractivity contribution in [3.63, 3.8) is 0 Å². The van der Waals surface area contributed by atoms with E-state index in [0.29, 0.717) is 18.0 Å². The van der Waals surface area contributed by atoms with Gasteiger partial charge in [-0.15, -0.1) is 0 Å². The van der Waals surface area contributed by atoms with Gasteiger partial charge >= 0.3 is 0 Å². The first-order valence-corrected chi connectivity index (χ1v) is 8.23. The van der Waals surface area contributed by atoms with E-state index in [1.165, 1.54) is 4.31 Å². The van der Waals surface area contributed by atoms with Crippen LogP contribution in [0, 0.1) is 0 Å². The Morgan fingerprint density at radius 2 is 1.84 bits per heavy atom. The molecule has 0 saturated heterocycles. The zero-order valence-electron chi connectivity index (χ0n) is 12.0. The van der Waals surface area contributed by atoms with E-state index in [-0.39, 0.29) is 0 Å². The minimum Gasteiger partial charge on any atom is -0.313 e. The molecule has 0 radical (unpaired) electrons. The minimum atomic E-state index is -3.38. The lowest BCUT2D eigenvalue weighted by Crippen LogP contribution is -2.29. The van der Waals surface area contributed by atoms with Gasteiger partial charge in [-0.3, -0.25) is 0 Å². The lowest BCUT2D eigenvalue weighted by molar-refractivity contribution is 0.467. The summed E-state index contributed by atoms with van der Waals surface area (Å²) in [6.45, 7) is 6.08. The van der Waals surface area contributed by atoms with Crippen molar-refractivity contribution in [3.05, 3.63) is 29.8 Å². The Morgan fingerprint density at radius 3 is 2.47 bits per heavy atom. The van der Waals surface area contributed by atoms with Crippen LogP contribution < -0.4 is 5.32 Å². The molecular weight excluding hydrogens is 260 g/mol. The van der Waals surface area contributed by atoms with E-state index in [1.54, 1.807) is 19.2 Å². The number of sulfonamides is 1. The van der Waals surface area contributed by atoms with E-state index in [1.807, 2.05) is 19.1 Å². The van der Waals surface area contributed by atoms with Crippen molar-refractivity contribution in [2.75, 3.05) is 20.1 Å². The van der Waals surface area contributed by atoms with E-state index in [4.69, 9.17) is 0 Å². The van der Waals surface area contributed by atoms with Gasteiger partial charge in [0, 0.05) is 20.1 Å². The highest BCUT2D eigenvalue weighted by molar-refractivity contribution is 7.89. The van der Waals surface area contributed by atoms with Crippen LogP contribution in [0.4, 0.5) is 0 Å². The first-order chi connectivity index (χ1) is 9.04. The van der Waals surface area contributed by atoms with E-state index in [2.05, 4.69) is 12.2 Å². The fraction of sp³-hybridized carbons (Fsp3) is 0.571. The molecule has 0 unspecified atom stereocenters. The molecule has 0 amide bonds. The summed E-state index contributed by atoms with van der Waals surface area (Å²) in [7, 11) is -1.74. The molecule has 0 spiro atoms. The summed E-state index contributed by atoms with van der Waals surface area (Å²) in [6, 6.07) is 7.21. The van der Waals surface area contributed by atoms with Crippen LogP contribution >= 0.6 is 0 Å². The Bertz CT molecular complexity index is 486. The standard InChI is InChI=1S/C14H24N2O2S/c1-4-10-15-12-13-8-6-7-9-14(13)19(17,18)16(3)11-5-2/h6-9,15H,4-5,10-12H2,1-3H3. The number of hydrogen-bond acceptors (Lipinski definition) is 3. The zero-order valence-corrected chi connectivity index (χ0v) is 12.8. The summed E-state index contributed by atoms with van der Waals surface area (Å²) in [4.78, 5) is 0.412. The topological polar surface area (TPSA) is 49.4 Å². The van der Waals surface area contributed by atoms with Gasteiger partial charge < -0.3 is 5.32 Å². The van der Waals surface area contributed by atoms with Gasteiger partial charge in [-0.05, 0) is 31.0 Å². The molecule has 0 heterocycles. The Hall–Kier alpha value is -0.910. The number of hydrogen-bond donors (Lipinski definition) is 1. The summed E-state index contributed by atoms with van der Waals surface area (Å²) in [6.07, 6.45) is 1.84. The molecule has 1 aromatic carbocycles. The van der Waals surface area contributed by atoms with Gasteiger partial charge in [0.1, 0.15) is 0 Å². The van der Waals surface area contributed by atoms with Crippen molar-refractivity contribution < 1.29 is 8.42 Å². The molecule has 0 fully saturated rings. The van der Waals surface area contributed by atoms with Crippen LogP contribution in [-0.4, -0.2) is 32.9 Å². The van der Waals surface area contributed by atoms with Gasteiger partial charge in [0.05, 0.1) is 4.90 Å². The average molecular weight is 284 g/mol. The molecule has 0 bridgehead atoms. The van der Waals surface area contributed by atoms with Gasteiger partial charge in [-0.2, -0.15) is 0 Å². The lowest BCUT2D eigenvalue weighted by Gasteiger charge is -2.18. The second-order valence-corrected chi connectivity index (χ2v) is 6.62. The lowest BCUT2D eigenvalue weighted by atomic mass is 10.2. The summed E-state index contributed by atoms with van der Waals surface area (Å²) in [5, 5.41) is 3.25. The second-order valence-electron chi connectivity index (χ2n) is 4.61. The maximum atomic E-state index is 12.5. The monoisotopic (exact) mass is 284 g/mol. The average Bonchev–Trinajstić information content (AvgIpc) is 2.40. The van der Waals surface area contributed by atoms with Crippen LogP contribution in [0.25, 0.3) is 0 Å². The Kier molecular flexibility index (Phi) is 6.48. The van der Waals surface area contributed by atoms with Crippen LogP contribution in [0.5, 0.6) is 0 Å². The summed E-state index contributed by atoms with van der Waals surface area (Å²) in [5.74, 6) is 0.